The van der Waals surface area contributed by atoms with Crippen molar-refractivity contribution in [1.82, 2.24) is 0 Å². The zero-order valence-electron chi connectivity index (χ0n) is 16.1. The normalized spacial score (nSPS) is 20.6. The first kappa shape index (κ1) is 17.3. The minimum absolute atomic E-state index is 0.0420. The summed E-state index contributed by atoms with van der Waals surface area (Å²) in [7, 11) is 0. The van der Waals surface area contributed by atoms with E-state index in [0.29, 0.717) is 0 Å². The van der Waals surface area contributed by atoms with Gasteiger partial charge in [0.25, 0.3) is 0 Å². The second-order valence-corrected chi connectivity index (χ2v) is 9.79. The molecule has 0 saturated heterocycles. The van der Waals surface area contributed by atoms with E-state index in [1.54, 1.807) is 0 Å². The average molecular weight is 393 g/mol. The van der Waals surface area contributed by atoms with Gasteiger partial charge in [-0.25, -0.2) is 0 Å². The highest BCUT2D eigenvalue weighted by Gasteiger charge is 2.42. The van der Waals surface area contributed by atoms with Crippen molar-refractivity contribution in [2.75, 3.05) is 0 Å². The summed E-state index contributed by atoms with van der Waals surface area (Å²) < 4.78 is 0. The molecule has 2 aromatic rings. The Balaban J connectivity index is 1.82. The third kappa shape index (κ3) is 2.18. The van der Waals surface area contributed by atoms with Crippen molar-refractivity contribution in [3.63, 3.8) is 0 Å². The van der Waals surface area contributed by atoms with Crippen LogP contribution in [0.5, 0.6) is 0 Å². The van der Waals surface area contributed by atoms with Gasteiger partial charge in [-0.1, -0.05) is 75.2 Å². The van der Waals surface area contributed by atoms with Gasteiger partial charge in [-0.3, -0.25) is 0 Å². The van der Waals surface area contributed by atoms with Crippen molar-refractivity contribution in [3.8, 4) is 11.1 Å². The molecule has 0 N–H and O–H groups in total. The number of halogens is 2. The lowest BCUT2D eigenvalue weighted by atomic mass is 9.78. The molecule has 0 saturated carbocycles. The molecule has 2 heteroatoms. The quantitative estimate of drug-likeness (QED) is 0.429. The second kappa shape index (κ2) is 5.40. The Morgan fingerprint density at radius 1 is 0.852 bits per heavy atom. The van der Waals surface area contributed by atoms with E-state index < -0.39 is 0 Å². The Morgan fingerprint density at radius 2 is 1.56 bits per heavy atom. The fraction of sp³-hybridized carbons (Fsp3) is 0.280. The molecule has 3 aliphatic rings. The van der Waals surface area contributed by atoms with Gasteiger partial charge in [-0.15, -0.1) is 0 Å². The topological polar surface area (TPSA) is 0 Å². The van der Waals surface area contributed by atoms with E-state index in [-0.39, 0.29) is 10.8 Å². The summed E-state index contributed by atoms with van der Waals surface area (Å²) >= 11 is 13.1. The smallest absolute Gasteiger partial charge is 0.0487 e. The molecule has 3 aliphatic carbocycles. The van der Waals surface area contributed by atoms with E-state index in [4.69, 9.17) is 23.2 Å². The van der Waals surface area contributed by atoms with Crippen molar-refractivity contribution < 1.29 is 0 Å². The van der Waals surface area contributed by atoms with Crippen molar-refractivity contribution >= 4 is 28.8 Å². The van der Waals surface area contributed by atoms with Crippen molar-refractivity contribution in [2.24, 2.45) is 0 Å². The molecule has 5 rings (SSSR count). The van der Waals surface area contributed by atoms with E-state index in [2.05, 4.69) is 64.1 Å². The van der Waals surface area contributed by atoms with Crippen LogP contribution in [0.1, 0.15) is 56.4 Å². The van der Waals surface area contributed by atoms with Gasteiger partial charge < -0.3 is 0 Å². The molecule has 0 radical (unpaired) electrons. The third-order valence-electron chi connectivity index (χ3n) is 6.67. The highest BCUT2D eigenvalue weighted by atomic mass is 35.5. The molecule has 2 aromatic carbocycles. The summed E-state index contributed by atoms with van der Waals surface area (Å²) in [6.45, 7) is 9.24. The van der Waals surface area contributed by atoms with Crippen LogP contribution in [-0.2, 0) is 10.8 Å². The second-order valence-electron chi connectivity index (χ2n) is 8.90. The molecule has 0 nitrogen and oxygen atoms in total. The van der Waals surface area contributed by atoms with Crippen molar-refractivity contribution in [3.05, 3.63) is 86.4 Å². The fourth-order valence-electron chi connectivity index (χ4n) is 5.20. The van der Waals surface area contributed by atoms with Crippen molar-refractivity contribution in [1.29, 1.82) is 0 Å². The highest BCUT2D eigenvalue weighted by molar-refractivity contribution is 6.34. The fourth-order valence-corrected chi connectivity index (χ4v) is 5.68. The summed E-state index contributed by atoms with van der Waals surface area (Å²) in [5.41, 5.74) is 10.6. The van der Waals surface area contributed by atoms with Gasteiger partial charge in [-0.2, -0.15) is 0 Å². The maximum absolute atomic E-state index is 6.66. The van der Waals surface area contributed by atoms with E-state index in [1.807, 2.05) is 12.1 Å². The summed E-state index contributed by atoms with van der Waals surface area (Å²) in [5, 5.41) is 1.74. The van der Waals surface area contributed by atoms with E-state index in [1.165, 1.54) is 44.5 Å². The highest BCUT2D eigenvalue weighted by Crippen LogP contribution is 2.57. The molecule has 27 heavy (non-hydrogen) atoms. The van der Waals surface area contributed by atoms with Gasteiger partial charge in [0.2, 0.25) is 0 Å². The Hall–Kier alpha value is -1.76. The van der Waals surface area contributed by atoms with Crippen LogP contribution in [0.15, 0.2) is 59.2 Å². The van der Waals surface area contributed by atoms with Crippen LogP contribution in [0.4, 0.5) is 0 Å². The van der Waals surface area contributed by atoms with Crippen LogP contribution in [0, 0.1) is 0 Å². The predicted molar refractivity (Wildman–Crippen MR) is 117 cm³/mol. The lowest BCUT2D eigenvalue weighted by molar-refractivity contribution is 0.647. The Morgan fingerprint density at radius 3 is 2.33 bits per heavy atom. The number of hydrogen-bond acceptors (Lipinski definition) is 0. The minimum Gasteiger partial charge on any atom is -0.0888 e. The SMILES string of the molecule is CC1(C)C2=C(CC(Cl)=CC=C2)c2cc3c(cc21)-c1c(Cl)cccc1C3(C)C. The lowest BCUT2D eigenvalue weighted by Crippen LogP contribution is -2.18. The zero-order chi connectivity index (χ0) is 19.1. The van der Waals surface area contributed by atoms with Gasteiger partial charge in [0.05, 0.1) is 0 Å². The number of hydrogen-bond donors (Lipinski definition) is 0. The van der Waals surface area contributed by atoms with Crippen LogP contribution in [0.2, 0.25) is 5.02 Å². The Bertz CT molecular complexity index is 1110. The van der Waals surface area contributed by atoms with Gasteiger partial charge in [0.15, 0.2) is 0 Å². The summed E-state index contributed by atoms with van der Waals surface area (Å²) in [4.78, 5) is 0. The van der Waals surface area contributed by atoms with E-state index in [0.717, 1.165) is 16.5 Å². The number of benzene rings is 2. The molecule has 0 bridgehead atoms. The van der Waals surface area contributed by atoms with Gasteiger partial charge >= 0.3 is 0 Å². The van der Waals surface area contributed by atoms with Crippen LogP contribution in [-0.4, -0.2) is 0 Å². The van der Waals surface area contributed by atoms with Gasteiger partial charge in [0, 0.05) is 32.9 Å². The Kier molecular flexibility index (Phi) is 3.47. The monoisotopic (exact) mass is 392 g/mol. The first-order chi connectivity index (χ1) is 12.7. The largest absolute Gasteiger partial charge is 0.0888 e. The van der Waals surface area contributed by atoms with Crippen LogP contribution in [0.25, 0.3) is 16.7 Å². The molecule has 0 aromatic heterocycles. The van der Waals surface area contributed by atoms with Crippen LogP contribution in [0.3, 0.4) is 0 Å². The molecular formula is C25H22Cl2. The number of rotatable bonds is 0. The average Bonchev–Trinajstić information content (AvgIpc) is 2.83. The first-order valence-electron chi connectivity index (χ1n) is 9.48. The molecule has 136 valence electrons. The molecule has 0 amide bonds. The molecule has 0 spiro atoms. The third-order valence-corrected chi connectivity index (χ3v) is 7.24. The van der Waals surface area contributed by atoms with Gasteiger partial charge in [0.1, 0.15) is 0 Å². The molecule has 0 unspecified atom stereocenters. The molecule has 0 heterocycles. The predicted octanol–water partition coefficient (Wildman–Crippen LogP) is 7.77. The maximum atomic E-state index is 6.66. The van der Waals surface area contributed by atoms with Gasteiger partial charge in [-0.05, 0) is 63.2 Å². The zero-order valence-corrected chi connectivity index (χ0v) is 17.6. The van der Waals surface area contributed by atoms with E-state index in [9.17, 15) is 0 Å². The molecular weight excluding hydrogens is 371 g/mol. The van der Waals surface area contributed by atoms with Crippen molar-refractivity contribution in [2.45, 2.75) is 44.9 Å². The molecule has 0 fully saturated rings. The number of fused-ring (bicyclic) bond motifs is 5. The van der Waals surface area contributed by atoms with Crippen LogP contribution < -0.4 is 0 Å². The summed E-state index contributed by atoms with van der Waals surface area (Å²) in [6.07, 6.45) is 7.14. The molecule has 0 atom stereocenters. The lowest BCUT2D eigenvalue weighted by Gasteiger charge is -2.25. The Labute approximate surface area is 171 Å². The summed E-state index contributed by atoms with van der Waals surface area (Å²) in [6, 6.07) is 11.1. The van der Waals surface area contributed by atoms with Crippen LogP contribution >= 0.6 is 23.2 Å². The number of allylic oxidation sites excluding steroid dienone is 6. The summed E-state index contributed by atoms with van der Waals surface area (Å²) in [5.74, 6) is 0. The first-order valence-corrected chi connectivity index (χ1v) is 10.2. The molecule has 0 aliphatic heterocycles. The maximum Gasteiger partial charge on any atom is 0.0487 e. The van der Waals surface area contributed by atoms with E-state index >= 15 is 0 Å². The minimum atomic E-state index is -0.0573. The standard InChI is InChI=1S/C25H22Cl2/c1-24(2)18-8-5-7-14(26)11-15(18)16-12-21-17(13-20(16)24)23-19(25(21,3)4)9-6-10-22(23)27/h5-10,12-13H,11H2,1-4H3.